The minimum Gasteiger partial charge on any atom is -0.468 e. The molecule has 2 atom stereocenters. The lowest BCUT2D eigenvalue weighted by molar-refractivity contribution is -0.177. The first kappa shape index (κ1) is 19.4. The molecule has 0 radical (unpaired) electrons. The van der Waals surface area contributed by atoms with Gasteiger partial charge in [0.2, 0.25) is 0 Å². The Hall–Kier alpha value is -2.63. The molecular formula is C15H19NO8. The van der Waals surface area contributed by atoms with Crippen LogP contribution in [0.3, 0.4) is 0 Å². The van der Waals surface area contributed by atoms with Crippen molar-refractivity contribution in [2.45, 2.75) is 13.3 Å². The zero-order chi connectivity index (χ0) is 18.7. The van der Waals surface area contributed by atoms with Gasteiger partial charge in [0.25, 0.3) is 0 Å². The highest BCUT2D eigenvalue weighted by Crippen LogP contribution is 2.65. The number of rotatable bonds is 6. The molecule has 0 heterocycles. The maximum absolute atomic E-state index is 12.4. The standard InChI is InChI=1S/C15H19NO8/c1-8(7-16)15(12(19)23-4,13(20)24-5)9-6-14(9,10(17)21-2)11(18)22-3/h8-9H,6H2,1-5H3. The zero-order valence-corrected chi connectivity index (χ0v) is 14.1. The van der Waals surface area contributed by atoms with Crippen molar-refractivity contribution in [2.24, 2.45) is 22.7 Å². The van der Waals surface area contributed by atoms with E-state index in [4.69, 9.17) is 0 Å². The number of methoxy groups -OCH3 is 4. The third-order valence-corrected chi connectivity index (χ3v) is 4.53. The quantitative estimate of drug-likeness (QED) is 0.367. The van der Waals surface area contributed by atoms with Gasteiger partial charge >= 0.3 is 23.9 Å². The lowest BCUT2D eigenvalue weighted by Crippen LogP contribution is -2.51. The summed E-state index contributed by atoms with van der Waals surface area (Å²) in [5.41, 5.74) is -4.02. The van der Waals surface area contributed by atoms with Gasteiger partial charge in [-0.15, -0.1) is 0 Å². The van der Waals surface area contributed by atoms with Crippen LogP contribution in [0, 0.1) is 34.0 Å². The molecule has 0 spiro atoms. The van der Waals surface area contributed by atoms with Gasteiger partial charge in [-0.1, -0.05) is 0 Å². The first-order chi connectivity index (χ1) is 11.2. The lowest BCUT2D eigenvalue weighted by atomic mass is 9.70. The van der Waals surface area contributed by atoms with Gasteiger partial charge in [0, 0.05) is 5.92 Å². The van der Waals surface area contributed by atoms with E-state index in [-0.39, 0.29) is 6.42 Å². The van der Waals surface area contributed by atoms with E-state index in [0.29, 0.717) is 0 Å². The lowest BCUT2D eigenvalue weighted by Gasteiger charge is -2.31. The minimum atomic E-state index is -2.15. The van der Waals surface area contributed by atoms with Gasteiger partial charge in [-0.25, -0.2) is 0 Å². The molecule has 0 N–H and O–H groups in total. The van der Waals surface area contributed by atoms with Gasteiger partial charge in [-0.3, -0.25) is 19.2 Å². The van der Waals surface area contributed by atoms with E-state index in [9.17, 15) is 24.4 Å². The fourth-order valence-corrected chi connectivity index (χ4v) is 3.17. The largest absolute Gasteiger partial charge is 0.468 e. The van der Waals surface area contributed by atoms with Crippen molar-refractivity contribution >= 4 is 23.9 Å². The van der Waals surface area contributed by atoms with Crippen LogP contribution >= 0.6 is 0 Å². The zero-order valence-electron chi connectivity index (χ0n) is 14.1. The van der Waals surface area contributed by atoms with Crippen LogP contribution in [-0.4, -0.2) is 52.3 Å². The van der Waals surface area contributed by atoms with Crippen molar-refractivity contribution in [1.29, 1.82) is 5.26 Å². The summed E-state index contributed by atoms with van der Waals surface area (Å²) in [5.74, 6) is -6.45. The molecule has 9 nitrogen and oxygen atoms in total. The van der Waals surface area contributed by atoms with Crippen LogP contribution in [0.5, 0.6) is 0 Å². The molecule has 2 unspecified atom stereocenters. The van der Waals surface area contributed by atoms with E-state index in [1.165, 1.54) is 6.92 Å². The Kier molecular flexibility index (Phi) is 5.55. The van der Waals surface area contributed by atoms with E-state index in [1.807, 2.05) is 0 Å². The van der Waals surface area contributed by atoms with Gasteiger partial charge in [-0.05, 0) is 13.3 Å². The van der Waals surface area contributed by atoms with Gasteiger partial charge < -0.3 is 18.9 Å². The Morgan fingerprint density at radius 1 is 1.00 bits per heavy atom. The summed E-state index contributed by atoms with van der Waals surface area (Å²) >= 11 is 0. The fourth-order valence-electron chi connectivity index (χ4n) is 3.17. The van der Waals surface area contributed by atoms with E-state index >= 15 is 0 Å². The van der Waals surface area contributed by atoms with Gasteiger partial charge in [0.05, 0.1) is 40.4 Å². The van der Waals surface area contributed by atoms with Gasteiger partial charge in [-0.2, -0.15) is 5.26 Å². The molecule has 1 saturated carbocycles. The number of hydrogen-bond donors (Lipinski definition) is 0. The Balaban J connectivity index is 3.60. The molecule has 0 aromatic rings. The molecule has 0 amide bonds. The second kappa shape index (κ2) is 6.86. The molecule has 1 aliphatic carbocycles. The maximum atomic E-state index is 12.4. The monoisotopic (exact) mass is 341 g/mol. The number of hydrogen-bond acceptors (Lipinski definition) is 9. The van der Waals surface area contributed by atoms with Crippen molar-refractivity contribution in [2.75, 3.05) is 28.4 Å². The van der Waals surface area contributed by atoms with Crippen molar-refractivity contribution in [3.8, 4) is 6.07 Å². The van der Waals surface area contributed by atoms with E-state index in [1.54, 1.807) is 6.07 Å². The average Bonchev–Trinajstić information content (AvgIpc) is 3.36. The van der Waals surface area contributed by atoms with E-state index < -0.39 is 46.5 Å². The molecule has 0 saturated heterocycles. The van der Waals surface area contributed by atoms with Crippen LogP contribution in [0.4, 0.5) is 0 Å². The molecule has 0 bridgehead atoms. The molecule has 0 aromatic carbocycles. The maximum Gasteiger partial charge on any atom is 0.324 e. The van der Waals surface area contributed by atoms with Crippen molar-refractivity contribution < 1.29 is 38.1 Å². The Bertz CT molecular complexity index is 573. The predicted octanol–water partition coefficient (Wildman–Crippen LogP) is -0.169. The molecule has 9 heteroatoms. The molecule has 24 heavy (non-hydrogen) atoms. The van der Waals surface area contributed by atoms with Crippen LogP contribution in [0.15, 0.2) is 0 Å². The van der Waals surface area contributed by atoms with Crippen LogP contribution in [0.2, 0.25) is 0 Å². The highest BCUT2D eigenvalue weighted by Gasteiger charge is 2.80. The van der Waals surface area contributed by atoms with Crippen molar-refractivity contribution in [3.05, 3.63) is 0 Å². The predicted molar refractivity (Wildman–Crippen MR) is 75.8 cm³/mol. The molecular weight excluding hydrogens is 322 g/mol. The number of esters is 4. The topological polar surface area (TPSA) is 129 Å². The minimum absolute atomic E-state index is 0.206. The van der Waals surface area contributed by atoms with E-state index in [0.717, 1.165) is 28.4 Å². The summed E-state index contributed by atoms with van der Waals surface area (Å²) in [4.78, 5) is 49.2. The Labute approximate surface area is 138 Å². The number of carbonyl (C=O) groups excluding carboxylic acids is 4. The molecule has 0 aromatic heterocycles. The number of nitriles is 1. The first-order valence-electron chi connectivity index (χ1n) is 6.98. The smallest absolute Gasteiger partial charge is 0.324 e. The van der Waals surface area contributed by atoms with Crippen LogP contribution in [-0.2, 0) is 38.1 Å². The number of carbonyl (C=O) groups is 4. The molecule has 1 rings (SSSR count). The summed E-state index contributed by atoms with van der Waals surface area (Å²) in [5, 5.41) is 9.30. The van der Waals surface area contributed by atoms with E-state index in [2.05, 4.69) is 18.9 Å². The van der Waals surface area contributed by atoms with Crippen molar-refractivity contribution in [1.82, 2.24) is 0 Å². The third kappa shape index (κ3) is 2.38. The van der Waals surface area contributed by atoms with Crippen LogP contribution < -0.4 is 0 Å². The molecule has 1 fully saturated rings. The summed E-state index contributed by atoms with van der Waals surface area (Å²) in [6, 6.07) is 1.80. The molecule has 0 aliphatic heterocycles. The summed E-state index contributed by atoms with van der Waals surface area (Å²) in [6.45, 7) is 1.31. The fraction of sp³-hybridized carbons (Fsp3) is 0.667. The Morgan fingerprint density at radius 2 is 1.42 bits per heavy atom. The number of nitrogens with zero attached hydrogens (tertiary/aromatic N) is 1. The second-order valence-corrected chi connectivity index (χ2v) is 5.41. The number of ether oxygens (including phenoxy) is 4. The highest BCUT2D eigenvalue weighted by molar-refractivity contribution is 6.09. The van der Waals surface area contributed by atoms with Gasteiger partial charge in [0.15, 0.2) is 10.8 Å². The SMILES string of the molecule is COC(=O)C1(C(=O)OC)CC1C(C(=O)OC)(C(=O)OC)C(C)C#N. The highest BCUT2D eigenvalue weighted by atomic mass is 16.6. The summed E-state index contributed by atoms with van der Waals surface area (Å²) in [6.07, 6.45) is -0.206. The Morgan fingerprint density at radius 3 is 1.71 bits per heavy atom. The third-order valence-electron chi connectivity index (χ3n) is 4.53. The second-order valence-electron chi connectivity index (χ2n) is 5.41. The summed E-state index contributed by atoms with van der Waals surface area (Å²) in [7, 11) is 4.19. The molecule has 1 aliphatic rings. The van der Waals surface area contributed by atoms with Gasteiger partial charge in [0.1, 0.15) is 0 Å². The van der Waals surface area contributed by atoms with Crippen molar-refractivity contribution in [3.63, 3.8) is 0 Å². The average molecular weight is 341 g/mol. The normalized spacial score (nSPS) is 19.2. The van der Waals surface area contributed by atoms with Crippen LogP contribution in [0.1, 0.15) is 13.3 Å². The summed E-state index contributed by atoms with van der Waals surface area (Å²) < 4.78 is 18.7. The first-order valence-corrected chi connectivity index (χ1v) is 6.98. The molecule has 132 valence electrons. The van der Waals surface area contributed by atoms with Crippen LogP contribution in [0.25, 0.3) is 0 Å².